The van der Waals surface area contributed by atoms with E-state index in [1.54, 1.807) is 24.7 Å². The van der Waals surface area contributed by atoms with E-state index in [0.717, 1.165) is 18.7 Å². The standard InChI is InChI=1S/C20H25N5O2.2C2HF3O2/c1-23-11-12-25(15-16-3-2-7-21-13-16)19(27)20(23)5-9-24(10-6-20)18(26)17-4-8-22-14-17;2*3-2(4,5)1(6)7/h2-4,7-8,13-14,22H,5-6,9-12,15H2,1H3;2*(H,6,7). The van der Waals surface area contributed by atoms with Crippen molar-refractivity contribution in [3.8, 4) is 0 Å². The van der Waals surface area contributed by atoms with E-state index < -0.39 is 29.8 Å². The van der Waals surface area contributed by atoms with Gasteiger partial charge in [-0.3, -0.25) is 19.5 Å². The molecule has 2 fully saturated rings. The molecule has 41 heavy (non-hydrogen) atoms. The molecule has 1 spiro atoms. The van der Waals surface area contributed by atoms with E-state index in [1.807, 2.05) is 35.2 Å². The number of nitrogens with one attached hydrogen (secondary N) is 1. The Kier molecular flexibility index (Phi) is 10.9. The third kappa shape index (κ3) is 8.92. The molecular formula is C24H27F6N5O6. The highest BCUT2D eigenvalue weighted by molar-refractivity contribution is 5.94. The number of aliphatic carboxylic acids is 2. The normalized spacial score (nSPS) is 17.2. The highest BCUT2D eigenvalue weighted by Crippen LogP contribution is 2.34. The maximum absolute atomic E-state index is 13.4. The summed E-state index contributed by atoms with van der Waals surface area (Å²) in [5.41, 5.74) is 1.22. The van der Waals surface area contributed by atoms with Crippen molar-refractivity contribution >= 4 is 23.8 Å². The maximum Gasteiger partial charge on any atom is 0.490 e. The lowest BCUT2D eigenvalue weighted by Gasteiger charge is -2.51. The zero-order valence-corrected chi connectivity index (χ0v) is 21.6. The van der Waals surface area contributed by atoms with Crippen molar-refractivity contribution in [1.29, 1.82) is 0 Å². The molecule has 2 amide bonds. The topological polar surface area (TPSA) is 147 Å². The number of carboxylic acids is 2. The average Bonchev–Trinajstić information content (AvgIpc) is 3.45. The van der Waals surface area contributed by atoms with Crippen LogP contribution in [0.2, 0.25) is 0 Å². The number of carbonyl (C=O) groups is 4. The molecule has 0 aromatic carbocycles. The first-order chi connectivity index (χ1) is 19.0. The van der Waals surface area contributed by atoms with E-state index in [-0.39, 0.29) is 11.8 Å². The van der Waals surface area contributed by atoms with Crippen molar-refractivity contribution in [3.05, 3.63) is 54.1 Å². The van der Waals surface area contributed by atoms with Gasteiger partial charge in [0, 0.05) is 57.5 Å². The quantitative estimate of drug-likeness (QED) is 0.459. The number of piperidine rings is 1. The summed E-state index contributed by atoms with van der Waals surface area (Å²) >= 11 is 0. The summed E-state index contributed by atoms with van der Waals surface area (Å²) in [4.78, 5) is 56.8. The third-order valence-electron chi connectivity index (χ3n) is 6.43. The predicted octanol–water partition coefficient (Wildman–Crippen LogP) is 2.63. The zero-order valence-electron chi connectivity index (χ0n) is 21.6. The average molecular weight is 595 g/mol. The number of hydrogen-bond donors (Lipinski definition) is 3. The molecule has 11 nitrogen and oxygen atoms in total. The minimum atomic E-state index is -5.08. The summed E-state index contributed by atoms with van der Waals surface area (Å²) in [7, 11) is 2.03. The number of nitrogens with zero attached hydrogens (tertiary/aromatic N) is 4. The molecule has 3 N–H and O–H groups in total. The van der Waals surface area contributed by atoms with Crippen LogP contribution in [0.3, 0.4) is 0 Å². The van der Waals surface area contributed by atoms with Crippen molar-refractivity contribution < 1.29 is 55.7 Å². The molecule has 226 valence electrons. The number of piperazine rings is 1. The van der Waals surface area contributed by atoms with Crippen LogP contribution in [0.1, 0.15) is 28.8 Å². The summed E-state index contributed by atoms with van der Waals surface area (Å²) in [6.45, 7) is 3.35. The minimum Gasteiger partial charge on any atom is -0.475 e. The van der Waals surface area contributed by atoms with Gasteiger partial charge in [-0.25, -0.2) is 9.59 Å². The van der Waals surface area contributed by atoms with Crippen molar-refractivity contribution in [1.82, 2.24) is 24.7 Å². The first kappa shape index (κ1) is 33.1. The van der Waals surface area contributed by atoms with Crippen LogP contribution in [0.4, 0.5) is 26.3 Å². The molecule has 2 saturated heterocycles. The fraction of sp³-hybridized carbons (Fsp3) is 0.458. The predicted molar refractivity (Wildman–Crippen MR) is 128 cm³/mol. The van der Waals surface area contributed by atoms with Gasteiger partial charge in [-0.1, -0.05) is 6.07 Å². The Morgan fingerprint density at radius 3 is 1.98 bits per heavy atom. The van der Waals surface area contributed by atoms with Gasteiger partial charge in [0.1, 0.15) is 5.54 Å². The number of halogens is 6. The Hall–Kier alpha value is -4.15. The highest BCUT2D eigenvalue weighted by Gasteiger charge is 2.49. The van der Waals surface area contributed by atoms with Gasteiger partial charge in [0.25, 0.3) is 5.91 Å². The summed E-state index contributed by atoms with van der Waals surface area (Å²) in [5, 5.41) is 14.2. The molecule has 2 aliphatic rings. The molecule has 17 heteroatoms. The molecule has 4 rings (SSSR count). The lowest BCUT2D eigenvalue weighted by molar-refractivity contribution is -0.193. The van der Waals surface area contributed by atoms with Crippen LogP contribution in [0, 0.1) is 0 Å². The summed E-state index contributed by atoms with van der Waals surface area (Å²) in [6.07, 6.45) is -1.79. The van der Waals surface area contributed by atoms with E-state index >= 15 is 0 Å². The number of likely N-dealkylation sites (N-methyl/N-ethyl adjacent to an activating group) is 1. The molecule has 0 radical (unpaired) electrons. The summed E-state index contributed by atoms with van der Waals surface area (Å²) in [5.74, 6) is -5.31. The van der Waals surface area contributed by atoms with Crippen LogP contribution in [0.15, 0.2) is 43.0 Å². The number of aromatic nitrogens is 2. The molecule has 0 aliphatic carbocycles. The fourth-order valence-electron chi connectivity index (χ4n) is 4.22. The summed E-state index contributed by atoms with van der Waals surface area (Å²) < 4.78 is 63.5. The summed E-state index contributed by atoms with van der Waals surface area (Å²) in [6, 6.07) is 5.69. The van der Waals surface area contributed by atoms with Crippen molar-refractivity contribution in [2.24, 2.45) is 0 Å². The Morgan fingerprint density at radius 1 is 0.976 bits per heavy atom. The lowest BCUT2D eigenvalue weighted by Crippen LogP contribution is -2.67. The molecule has 0 bridgehead atoms. The monoisotopic (exact) mass is 595 g/mol. The SMILES string of the molecule is CN1CCN(Cc2cccnc2)C(=O)C12CCN(C(=O)c1cc[nH]c1)CC2.O=C(O)C(F)(F)F.O=C(O)C(F)(F)F. The largest absolute Gasteiger partial charge is 0.490 e. The van der Waals surface area contributed by atoms with Crippen molar-refractivity contribution in [2.45, 2.75) is 37.3 Å². The molecule has 2 aromatic rings. The van der Waals surface area contributed by atoms with Gasteiger partial charge in [0.2, 0.25) is 5.91 Å². The Labute approximate surface area is 229 Å². The van der Waals surface area contributed by atoms with Gasteiger partial charge in [-0.05, 0) is 37.6 Å². The first-order valence-corrected chi connectivity index (χ1v) is 11.9. The highest BCUT2D eigenvalue weighted by atomic mass is 19.4. The van der Waals surface area contributed by atoms with Gasteiger partial charge in [0.05, 0.1) is 5.56 Å². The number of H-pyrrole nitrogens is 1. The second-order valence-electron chi connectivity index (χ2n) is 9.04. The molecule has 0 atom stereocenters. The molecule has 0 unspecified atom stereocenters. The minimum absolute atomic E-state index is 0.0317. The van der Waals surface area contributed by atoms with E-state index in [2.05, 4.69) is 14.9 Å². The van der Waals surface area contributed by atoms with Crippen LogP contribution in [-0.4, -0.2) is 110 Å². The third-order valence-corrected chi connectivity index (χ3v) is 6.43. The Balaban J connectivity index is 0.000000349. The Bertz CT molecular complexity index is 1160. The molecular weight excluding hydrogens is 568 g/mol. The number of likely N-dealkylation sites (tertiary alicyclic amines) is 1. The second kappa shape index (κ2) is 13.5. The van der Waals surface area contributed by atoms with Gasteiger partial charge in [-0.15, -0.1) is 0 Å². The maximum atomic E-state index is 13.4. The van der Waals surface area contributed by atoms with Crippen LogP contribution >= 0.6 is 0 Å². The van der Waals surface area contributed by atoms with E-state index in [0.29, 0.717) is 38.0 Å². The first-order valence-electron chi connectivity index (χ1n) is 11.9. The number of aromatic amines is 1. The van der Waals surface area contributed by atoms with Gasteiger partial charge >= 0.3 is 24.3 Å². The number of alkyl halides is 6. The van der Waals surface area contributed by atoms with Gasteiger partial charge < -0.3 is 25.0 Å². The number of pyridine rings is 1. The number of hydrogen-bond acceptors (Lipinski definition) is 6. The van der Waals surface area contributed by atoms with Crippen LogP contribution < -0.4 is 0 Å². The number of carboxylic acid groups (broad SMARTS) is 2. The van der Waals surface area contributed by atoms with Gasteiger partial charge in [-0.2, -0.15) is 26.3 Å². The lowest BCUT2D eigenvalue weighted by atomic mass is 9.82. The van der Waals surface area contributed by atoms with Crippen molar-refractivity contribution in [2.75, 3.05) is 33.2 Å². The molecule has 0 saturated carbocycles. The van der Waals surface area contributed by atoms with Crippen LogP contribution in [0.25, 0.3) is 0 Å². The van der Waals surface area contributed by atoms with Crippen molar-refractivity contribution in [3.63, 3.8) is 0 Å². The smallest absolute Gasteiger partial charge is 0.475 e. The molecule has 2 aromatic heterocycles. The number of carbonyl (C=O) groups excluding carboxylic acids is 2. The number of rotatable bonds is 3. The number of amides is 2. The molecule has 4 heterocycles. The molecule has 2 aliphatic heterocycles. The second-order valence-corrected chi connectivity index (χ2v) is 9.04. The fourth-order valence-corrected chi connectivity index (χ4v) is 4.22. The van der Waals surface area contributed by atoms with Crippen LogP contribution in [-0.2, 0) is 20.9 Å². The Morgan fingerprint density at radius 2 is 1.54 bits per heavy atom. The van der Waals surface area contributed by atoms with Gasteiger partial charge in [0.15, 0.2) is 0 Å². The van der Waals surface area contributed by atoms with E-state index in [1.165, 1.54) is 0 Å². The zero-order chi connectivity index (χ0) is 31.0. The van der Waals surface area contributed by atoms with Crippen LogP contribution in [0.5, 0.6) is 0 Å². The van der Waals surface area contributed by atoms with E-state index in [4.69, 9.17) is 19.8 Å². The van der Waals surface area contributed by atoms with E-state index in [9.17, 15) is 35.9 Å².